The molecule has 0 radical (unpaired) electrons. The third-order valence-corrected chi connectivity index (χ3v) is 3.34. The highest BCUT2D eigenvalue weighted by molar-refractivity contribution is 6.07. The van der Waals surface area contributed by atoms with Crippen LogP contribution in [0.4, 0.5) is 0 Å². The summed E-state index contributed by atoms with van der Waals surface area (Å²) in [4.78, 5) is 12.5. The number of hydrogen-bond donors (Lipinski definition) is 3. The average molecular weight is 273 g/mol. The second kappa shape index (κ2) is 6.21. The van der Waals surface area contributed by atoms with E-state index in [-0.39, 0.29) is 11.7 Å². The van der Waals surface area contributed by atoms with Gasteiger partial charge in [-0.3, -0.25) is 4.79 Å². The molecule has 1 rings (SSSR count). The predicted octanol–water partition coefficient (Wildman–Crippen LogP) is 0.0708. The van der Waals surface area contributed by atoms with Gasteiger partial charge in [-0.15, -0.1) is 0 Å². The van der Waals surface area contributed by atoms with E-state index >= 15 is 0 Å². The fourth-order valence-corrected chi connectivity index (χ4v) is 2.24. The number of amides is 1. The number of methoxy groups -OCH3 is 1. The van der Waals surface area contributed by atoms with E-state index in [1.807, 2.05) is 13.8 Å². The van der Waals surface area contributed by atoms with Gasteiger partial charge >= 0.3 is 0 Å². The third-order valence-electron chi connectivity index (χ3n) is 3.34. The molecule has 0 saturated carbocycles. The third kappa shape index (κ3) is 3.57. The van der Waals surface area contributed by atoms with Crippen molar-refractivity contribution in [1.82, 2.24) is 5.32 Å². The van der Waals surface area contributed by atoms with Crippen molar-refractivity contribution in [3.05, 3.63) is 0 Å². The van der Waals surface area contributed by atoms with E-state index in [0.717, 1.165) is 0 Å². The molecule has 0 spiro atoms. The van der Waals surface area contributed by atoms with Gasteiger partial charge < -0.3 is 25.7 Å². The largest absolute Gasteiger partial charge is 0.409 e. The summed E-state index contributed by atoms with van der Waals surface area (Å²) in [5, 5.41) is 14.8. The number of ether oxygens (including phenoxy) is 2. The zero-order valence-corrected chi connectivity index (χ0v) is 11.7. The maximum absolute atomic E-state index is 12.5. The van der Waals surface area contributed by atoms with Gasteiger partial charge in [-0.2, -0.15) is 0 Å². The first kappa shape index (κ1) is 15.7. The summed E-state index contributed by atoms with van der Waals surface area (Å²) in [5.74, 6) is -0.324. The lowest BCUT2D eigenvalue weighted by Gasteiger charge is -2.37. The van der Waals surface area contributed by atoms with Gasteiger partial charge in [0.25, 0.3) is 0 Å². The highest BCUT2D eigenvalue weighted by atomic mass is 16.5. The van der Waals surface area contributed by atoms with Crippen LogP contribution in [0.25, 0.3) is 0 Å². The Bertz CT molecular complexity index is 349. The van der Waals surface area contributed by atoms with Crippen LogP contribution in [0, 0.1) is 5.41 Å². The zero-order chi connectivity index (χ0) is 14.5. The molecule has 1 aliphatic rings. The number of carbonyl (C=O) groups is 1. The summed E-state index contributed by atoms with van der Waals surface area (Å²) < 4.78 is 10.3. The van der Waals surface area contributed by atoms with Gasteiger partial charge in [0, 0.05) is 20.3 Å². The van der Waals surface area contributed by atoms with Crippen molar-refractivity contribution >= 4 is 11.7 Å². The topological polar surface area (TPSA) is 106 Å². The van der Waals surface area contributed by atoms with Gasteiger partial charge in [0.1, 0.15) is 5.41 Å². The predicted molar refractivity (Wildman–Crippen MR) is 70.0 cm³/mol. The molecule has 110 valence electrons. The molecule has 1 aliphatic heterocycles. The van der Waals surface area contributed by atoms with Crippen LogP contribution in [0.3, 0.4) is 0 Å². The van der Waals surface area contributed by atoms with Crippen LogP contribution in [0.2, 0.25) is 0 Å². The van der Waals surface area contributed by atoms with E-state index < -0.39 is 11.0 Å². The molecule has 0 aromatic carbocycles. The summed E-state index contributed by atoms with van der Waals surface area (Å²) in [6, 6.07) is 0. The Morgan fingerprint density at radius 3 is 2.58 bits per heavy atom. The minimum Gasteiger partial charge on any atom is -0.409 e. The van der Waals surface area contributed by atoms with Gasteiger partial charge in [0.2, 0.25) is 5.91 Å². The zero-order valence-electron chi connectivity index (χ0n) is 11.7. The first-order chi connectivity index (χ1) is 8.88. The maximum atomic E-state index is 12.5. The first-order valence-electron chi connectivity index (χ1n) is 6.25. The minimum absolute atomic E-state index is 0.0680. The summed E-state index contributed by atoms with van der Waals surface area (Å²) in [5.41, 5.74) is 4.21. The van der Waals surface area contributed by atoms with Crippen LogP contribution >= 0.6 is 0 Å². The number of hydrogen-bond acceptors (Lipinski definition) is 5. The molecular weight excluding hydrogens is 250 g/mol. The molecule has 7 nitrogen and oxygen atoms in total. The summed E-state index contributed by atoms with van der Waals surface area (Å²) in [7, 11) is 1.57. The minimum atomic E-state index is -1.00. The van der Waals surface area contributed by atoms with E-state index in [4.69, 9.17) is 20.4 Å². The van der Waals surface area contributed by atoms with Crippen molar-refractivity contribution in [2.75, 3.05) is 26.9 Å². The standard InChI is InChI=1S/C12H23N3O4/c1-11(2,8-18-3)14-10(16)12(9(13)15-17)4-6-19-7-5-12/h17H,4-8H2,1-3H3,(H2,13,15)(H,14,16). The molecule has 1 amide bonds. The van der Waals surface area contributed by atoms with Gasteiger partial charge in [-0.05, 0) is 26.7 Å². The molecule has 0 aromatic rings. The lowest BCUT2D eigenvalue weighted by Crippen LogP contribution is -2.58. The highest BCUT2D eigenvalue weighted by Crippen LogP contribution is 2.31. The SMILES string of the molecule is COCC(C)(C)NC(=O)C1(C(N)=NO)CCOCC1. The maximum Gasteiger partial charge on any atom is 0.234 e. The number of oxime groups is 1. The van der Waals surface area contributed by atoms with Crippen LogP contribution < -0.4 is 11.1 Å². The monoisotopic (exact) mass is 273 g/mol. The van der Waals surface area contributed by atoms with E-state index in [1.54, 1.807) is 7.11 Å². The molecule has 19 heavy (non-hydrogen) atoms. The van der Waals surface area contributed by atoms with Crippen molar-refractivity contribution in [2.24, 2.45) is 16.3 Å². The van der Waals surface area contributed by atoms with Crippen LogP contribution in [0.15, 0.2) is 5.16 Å². The molecule has 7 heteroatoms. The lowest BCUT2D eigenvalue weighted by atomic mass is 9.77. The van der Waals surface area contributed by atoms with Crippen molar-refractivity contribution in [3.8, 4) is 0 Å². The van der Waals surface area contributed by atoms with Crippen LogP contribution in [-0.2, 0) is 14.3 Å². The highest BCUT2D eigenvalue weighted by Gasteiger charge is 2.45. The second-order valence-corrected chi connectivity index (χ2v) is 5.45. The Hall–Kier alpha value is -1.34. The van der Waals surface area contributed by atoms with Crippen molar-refractivity contribution in [2.45, 2.75) is 32.2 Å². The molecule has 0 aromatic heterocycles. The molecule has 0 aliphatic carbocycles. The molecule has 0 bridgehead atoms. The normalized spacial score (nSPS) is 20.1. The molecule has 4 N–H and O–H groups in total. The number of amidine groups is 1. The Labute approximate surface area is 113 Å². The van der Waals surface area contributed by atoms with E-state index in [9.17, 15) is 4.79 Å². The summed E-state index contributed by atoms with van der Waals surface area (Å²) in [6.45, 7) is 4.91. The van der Waals surface area contributed by atoms with E-state index in [0.29, 0.717) is 32.7 Å². The van der Waals surface area contributed by atoms with Crippen molar-refractivity contribution in [1.29, 1.82) is 0 Å². The number of nitrogens with zero attached hydrogens (tertiary/aromatic N) is 1. The number of nitrogens with two attached hydrogens (primary N) is 1. The first-order valence-corrected chi connectivity index (χ1v) is 6.25. The molecule has 0 atom stereocenters. The Morgan fingerprint density at radius 1 is 1.53 bits per heavy atom. The smallest absolute Gasteiger partial charge is 0.234 e. The van der Waals surface area contributed by atoms with Gasteiger partial charge in [0.05, 0.1) is 12.1 Å². The second-order valence-electron chi connectivity index (χ2n) is 5.45. The summed E-state index contributed by atoms with van der Waals surface area (Å²) >= 11 is 0. The Balaban J connectivity index is 2.90. The van der Waals surface area contributed by atoms with Crippen molar-refractivity contribution in [3.63, 3.8) is 0 Å². The van der Waals surface area contributed by atoms with Crippen LogP contribution in [-0.4, -0.2) is 49.4 Å². The van der Waals surface area contributed by atoms with Gasteiger partial charge in [-0.25, -0.2) is 0 Å². The van der Waals surface area contributed by atoms with Gasteiger partial charge in [-0.1, -0.05) is 5.16 Å². The Morgan fingerprint density at radius 2 is 2.11 bits per heavy atom. The summed E-state index contributed by atoms with van der Waals surface area (Å²) in [6.07, 6.45) is 0.801. The van der Waals surface area contributed by atoms with E-state index in [1.165, 1.54) is 0 Å². The fourth-order valence-electron chi connectivity index (χ4n) is 2.24. The molecule has 1 heterocycles. The average Bonchev–Trinajstić information content (AvgIpc) is 2.37. The number of carbonyl (C=O) groups excluding carboxylic acids is 1. The number of rotatable bonds is 5. The molecule has 1 saturated heterocycles. The lowest BCUT2D eigenvalue weighted by molar-refractivity contribution is -0.134. The molecular formula is C12H23N3O4. The quantitative estimate of drug-likeness (QED) is 0.284. The fraction of sp³-hybridized carbons (Fsp3) is 0.833. The number of nitrogens with one attached hydrogen (secondary N) is 1. The van der Waals surface area contributed by atoms with Crippen LogP contribution in [0.1, 0.15) is 26.7 Å². The van der Waals surface area contributed by atoms with E-state index in [2.05, 4.69) is 10.5 Å². The Kier molecular flexibility index (Phi) is 5.13. The molecule has 1 fully saturated rings. The van der Waals surface area contributed by atoms with Gasteiger partial charge in [0.15, 0.2) is 5.84 Å². The van der Waals surface area contributed by atoms with Crippen molar-refractivity contribution < 1.29 is 19.5 Å². The van der Waals surface area contributed by atoms with Crippen LogP contribution in [0.5, 0.6) is 0 Å². The molecule has 0 unspecified atom stereocenters.